The molecule has 1 unspecified atom stereocenters. The standard InChI is InChI=1S/C18H14N6O/c25-14-8-11(12-9-21-17-10(12)4-3-7-20-17)15-16(23-24-18(15)22-14)13-5-1-2-6-19-13/h1-7,9,11H,8H2,(H,20,21)(H2,22,23,24,25). The van der Waals surface area contributed by atoms with Crippen LogP contribution < -0.4 is 5.32 Å². The average Bonchev–Trinajstić information content (AvgIpc) is 3.26. The highest BCUT2D eigenvalue weighted by atomic mass is 16.1. The van der Waals surface area contributed by atoms with Crippen LogP contribution in [0.15, 0.2) is 48.9 Å². The van der Waals surface area contributed by atoms with E-state index in [1.807, 2.05) is 36.5 Å². The van der Waals surface area contributed by atoms with Crippen LogP contribution in [-0.4, -0.2) is 31.1 Å². The Morgan fingerprint density at radius 1 is 1.08 bits per heavy atom. The Labute approximate surface area is 142 Å². The molecule has 4 aromatic heterocycles. The van der Waals surface area contributed by atoms with E-state index in [-0.39, 0.29) is 11.8 Å². The highest BCUT2D eigenvalue weighted by Gasteiger charge is 2.33. The molecule has 0 bridgehead atoms. The predicted octanol–water partition coefficient (Wildman–Crippen LogP) is 2.82. The number of carbonyl (C=O) groups is 1. The van der Waals surface area contributed by atoms with Crippen molar-refractivity contribution in [1.29, 1.82) is 0 Å². The van der Waals surface area contributed by atoms with Gasteiger partial charge in [-0.15, -0.1) is 0 Å². The number of pyridine rings is 2. The number of hydrogen-bond acceptors (Lipinski definition) is 4. The van der Waals surface area contributed by atoms with E-state index in [0.29, 0.717) is 12.2 Å². The lowest BCUT2D eigenvalue weighted by Gasteiger charge is -2.22. The molecular formula is C18H14N6O. The van der Waals surface area contributed by atoms with Crippen LogP contribution in [0.25, 0.3) is 22.4 Å². The second-order valence-electron chi connectivity index (χ2n) is 6.02. The van der Waals surface area contributed by atoms with E-state index >= 15 is 0 Å². The van der Waals surface area contributed by atoms with Crippen molar-refractivity contribution in [2.45, 2.75) is 12.3 Å². The van der Waals surface area contributed by atoms with Gasteiger partial charge in [-0.3, -0.25) is 14.9 Å². The number of aromatic amines is 2. The van der Waals surface area contributed by atoms with Gasteiger partial charge in [0.25, 0.3) is 0 Å². The fourth-order valence-corrected chi connectivity index (χ4v) is 3.49. The molecule has 5 heterocycles. The molecule has 1 amide bonds. The van der Waals surface area contributed by atoms with Gasteiger partial charge in [0.1, 0.15) is 5.65 Å². The van der Waals surface area contributed by atoms with Gasteiger partial charge >= 0.3 is 0 Å². The molecule has 3 N–H and O–H groups in total. The van der Waals surface area contributed by atoms with Gasteiger partial charge in [0.05, 0.1) is 11.4 Å². The second-order valence-corrected chi connectivity index (χ2v) is 6.02. The molecular weight excluding hydrogens is 316 g/mol. The van der Waals surface area contributed by atoms with Gasteiger partial charge in [-0.2, -0.15) is 5.10 Å². The van der Waals surface area contributed by atoms with Crippen LogP contribution in [0.5, 0.6) is 0 Å². The number of fused-ring (bicyclic) bond motifs is 2. The molecule has 122 valence electrons. The van der Waals surface area contributed by atoms with Crippen molar-refractivity contribution in [2.75, 3.05) is 5.32 Å². The Morgan fingerprint density at radius 3 is 2.88 bits per heavy atom. The van der Waals surface area contributed by atoms with E-state index in [1.165, 1.54) is 0 Å². The monoisotopic (exact) mass is 330 g/mol. The molecule has 0 saturated carbocycles. The van der Waals surface area contributed by atoms with Gasteiger partial charge in [-0.25, -0.2) is 4.98 Å². The number of anilines is 1. The number of rotatable bonds is 2. The Bertz CT molecular complexity index is 1080. The Balaban J connectivity index is 1.73. The number of carbonyl (C=O) groups excluding carboxylic acids is 1. The maximum atomic E-state index is 12.2. The third-order valence-electron chi connectivity index (χ3n) is 4.58. The molecule has 7 heteroatoms. The van der Waals surface area contributed by atoms with Gasteiger partial charge in [-0.1, -0.05) is 6.07 Å². The quantitative estimate of drug-likeness (QED) is 0.526. The first kappa shape index (κ1) is 13.9. The summed E-state index contributed by atoms with van der Waals surface area (Å²) in [7, 11) is 0. The number of nitrogens with one attached hydrogen (secondary N) is 3. The molecule has 5 rings (SSSR count). The molecule has 0 aliphatic carbocycles. The van der Waals surface area contributed by atoms with Crippen LogP contribution in [0.2, 0.25) is 0 Å². The van der Waals surface area contributed by atoms with E-state index in [0.717, 1.165) is 33.5 Å². The highest BCUT2D eigenvalue weighted by Crippen LogP contribution is 2.42. The largest absolute Gasteiger partial charge is 0.346 e. The van der Waals surface area contributed by atoms with Crippen molar-refractivity contribution in [1.82, 2.24) is 25.1 Å². The lowest BCUT2D eigenvalue weighted by atomic mass is 9.85. The van der Waals surface area contributed by atoms with E-state index in [4.69, 9.17) is 0 Å². The zero-order chi connectivity index (χ0) is 16.8. The number of nitrogens with zero attached hydrogens (tertiary/aromatic N) is 3. The van der Waals surface area contributed by atoms with Crippen LogP contribution in [0.3, 0.4) is 0 Å². The SMILES string of the molecule is O=C1CC(c2c[nH]c3ncccc23)c2c(n[nH]c2-c2ccccn2)N1. The second kappa shape index (κ2) is 5.27. The van der Waals surface area contributed by atoms with Crippen LogP contribution in [-0.2, 0) is 4.79 Å². The minimum absolute atomic E-state index is 0.0465. The summed E-state index contributed by atoms with van der Waals surface area (Å²) in [6, 6.07) is 9.65. The number of H-pyrrole nitrogens is 2. The molecule has 7 nitrogen and oxygen atoms in total. The minimum Gasteiger partial charge on any atom is -0.346 e. The summed E-state index contributed by atoms with van der Waals surface area (Å²) in [5.74, 6) is 0.410. The van der Waals surface area contributed by atoms with Gasteiger partial charge in [0, 0.05) is 41.9 Å². The summed E-state index contributed by atoms with van der Waals surface area (Å²) in [5, 5.41) is 11.2. The lowest BCUT2D eigenvalue weighted by Crippen LogP contribution is -2.23. The molecule has 0 saturated heterocycles. The van der Waals surface area contributed by atoms with Gasteiger partial charge in [-0.05, 0) is 29.8 Å². The summed E-state index contributed by atoms with van der Waals surface area (Å²) < 4.78 is 0. The van der Waals surface area contributed by atoms with Crippen LogP contribution in [0.1, 0.15) is 23.5 Å². The van der Waals surface area contributed by atoms with Crippen molar-refractivity contribution in [3.63, 3.8) is 0 Å². The van der Waals surface area contributed by atoms with Crippen molar-refractivity contribution in [3.8, 4) is 11.4 Å². The summed E-state index contributed by atoms with van der Waals surface area (Å²) in [6.45, 7) is 0. The smallest absolute Gasteiger partial charge is 0.226 e. The van der Waals surface area contributed by atoms with Crippen LogP contribution in [0, 0.1) is 0 Å². The summed E-state index contributed by atoms with van der Waals surface area (Å²) in [6.07, 6.45) is 5.78. The van der Waals surface area contributed by atoms with Crippen molar-refractivity contribution in [3.05, 3.63) is 60.0 Å². The summed E-state index contributed by atoms with van der Waals surface area (Å²) in [4.78, 5) is 24.2. The topological polar surface area (TPSA) is 99.4 Å². The maximum absolute atomic E-state index is 12.2. The molecule has 0 fully saturated rings. The third-order valence-corrected chi connectivity index (χ3v) is 4.58. The zero-order valence-electron chi connectivity index (χ0n) is 13.2. The van der Waals surface area contributed by atoms with Crippen molar-refractivity contribution < 1.29 is 4.79 Å². The van der Waals surface area contributed by atoms with Crippen molar-refractivity contribution >= 4 is 22.8 Å². The van der Waals surface area contributed by atoms with Gasteiger partial charge in [0.2, 0.25) is 5.91 Å². The van der Waals surface area contributed by atoms with Gasteiger partial charge < -0.3 is 10.3 Å². The maximum Gasteiger partial charge on any atom is 0.226 e. The third kappa shape index (κ3) is 2.13. The molecule has 1 atom stereocenters. The highest BCUT2D eigenvalue weighted by molar-refractivity contribution is 5.97. The van der Waals surface area contributed by atoms with Crippen LogP contribution >= 0.6 is 0 Å². The molecule has 0 radical (unpaired) electrons. The summed E-state index contributed by atoms with van der Waals surface area (Å²) in [5.41, 5.74) is 4.45. The molecule has 0 aromatic carbocycles. The molecule has 1 aliphatic rings. The zero-order valence-corrected chi connectivity index (χ0v) is 13.2. The van der Waals surface area contributed by atoms with Gasteiger partial charge in [0.15, 0.2) is 5.82 Å². The first-order valence-electron chi connectivity index (χ1n) is 8.03. The molecule has 1 aliphatic heterocycles. The predicted molar refractivity (Wildman–Crippen MR) is 93.0 cm³/mol. The number of aromatic nitrogens is 5. The molecule has 4 aromatic rings. The Morgan fingerprint density at radius 2 is 2.00 bits per heavy atom. The first-order chi connectivity index (χ1) is 12.3. The lowest BCUT2D eigenvalue weighted by molar-refractivity contribution is -0.116. The normalized spacial score (nSPS) is 16.6. The number of amides is 1. The summed E-state index contributed by atoms with van der Waals surface area (Å²) >= 11 is 0. The van der Waals surface area contributed by atoms with E-state index < -0.39 is 0 Å². The van der Waals surface area contributed by atoms with Crippen LogP contribution in [0.4, 0.5) is 5.82 Å². The number of hydrogen-bond donors (Lipinski definition) is 3. The van der Waals surface area contributed by atoms with E-state index in [9.17, 15) is 4.79 Å². The first-order valence-corrected chi connectivity index (χ1v) is 8.03. The average molecular weight is 330 g/mol. The Kier molecular flexibility index (Phi) is 2.93. The molecule has 25 heavy (non-hydrogen) atoms. The van der Waals surface area contributed by atoms with Crippen molar-refractivity contribution in [2.24, 2.45) is 0 Å². The Hall–Kier alpha value is -3.48. The fraction of sp³-hybridized carbons (Fsp3) is 0.111. The minimum atomic E-state index is -0.113. The fourth-order valence-electron chi connectivity index (χ4n) is 3.49. The van der Waals surface area contributed by atoms with E-state index in [2.05, 4.69) is 30.5 Å². The van der Waals surface area contributed by atoms with E-state index in [1.54, 1.807) is 12.4 Å². The molecule has 0 spiro atoms.